The van der Waals surface area contributed by atoms with Crippen LogP contribution in [-0.4, -0.2) is 12.3 Å². The molecule has 3 rings (SSSR count). The van der Waals surface area contributed by atoms with Gasteiger partial charge in [-0.1, -0.05) is 83.4 Å². The van der Waals surface area contributed by atoms with Gasteiger partial charge in [-0.2, -0.15) is 0 Å². The standard InChI is InChI=1S/C26H36N2O2/c1-18(2)22-16-11-17-23(19(3)4)24(22)27-26(29)28-25(20-12-7-5-8-13-20)30-21-14-9-6-10-15-21/h6,9-11,14-20,25H,5,7-8,12-13H2,1-4H3,(H2,27,28,29). The van der Waals surface area contributed by atoms with Crippen LogP contribution in [0.15, 0.2) is 48.5 Å². The van der Waals surface area contributed by atoms with Crippen molar-refractivity contribution < 1.29 is 9.53 Å². The molecule has 0 aromatic heterocycles. The predicted molar refractivity (Wildman–Crippen MR) is 124 cm³/mol. The summed E-state index contributed by atoms with van der Waals surface area (Å²) in [6, 6.07) is 15.9. The zero-order valence-electron chi connectivity index (χ0n) is 18.8. The third-order valence-corrected chi connectivity index (χ3v) is 5.97. The first-order valence-electron chi connectivity index (χ1n) is 11.4. The maximum absolute atomic E-state index is 13.1. The normalized spacial score (nSPS) is 15.8. The first-order chi connectivity index (χ1) is 14.5. The molecule has 30 heavy (non-hydrogen) atoms. The molecule has 1 saturated carbocycles. The summed E-state index contributed by atoms with van der Waals surface area (Å²) in [5.74, 6) is 1.77. The molecule has 1 aliphatic rings. The van der Waals surface area contributed by atoms with Crippen LogP contribution in [0.4, 0.5) is 10.5 Å². The molecule has 2 aromatic rings. The van der Waals surface area contributed by atoms with Crippen molar-refractivity contribution >= 4 is 11.7 Å². The number of para-hydroxylation sites is 2. The fourth-order valence-electron chi connectivity index (χ4n) is 4.30. The lowest BCUT2D eigenvalue weighted by atomic mass is 9.88. The Morgan fingerprint density at radius 1 is 0.867 bits per heavy atom. The molecule has 2 amide bonds. The molecule has 1 atom stereocenters. The van der Waals surface area contributed by atoms with Gasteiger partial charge in [-0.3, -0.25) is 0 Å². The fraction of sp³-hybridized carbons (Fsp3) is 0.500. The van der Waals surface area contributed by atoms with E-state index in [9.17, 15) is 4.79 Å². The van der Waals surface area contributed by atoms with Gasteiger partial charge in [-0.25, -0.2) is 4.79 Å². The average molecular weight is 409 g/mol. The van der Waals surface area contributed by atoms with E-state index in [0.717, 1.165) is 35.4 Å². The molecule has 0 heterocycles. The molecule has 0 spiro atoms. The summed E-state index contributed by atoms with van der Waals surface area (Å²) < 4.78 is 6.25. The number of ether oxygens (including phenoxy) is 1. The Balaban J connectivity index is 1.79. The fourth-order valence-corrected chi connectivity index (χ4v) is 4.30. The van der Waals surface area contributed by atoms with E-state index in [1.54, 1.807) is 0 Å². The van der Waals surface area contributed by atoms with Crippen LogP contribution in [0.5, 0.6) is 5.75 Å². The minimum Gasteiger partial charge on any atom is -0.470 e. The van der Waals surface area contributed by atoms with E-state index >= 15 is 0 Å². The quantitative estimate of drug-likeness (QED) is 0.483. The van der Waals surface area contributed by atoms with Crippen molar-refractivity contribution in [1.82, 2.24) is 5.32 Å². The van der Waals surface area contributed by atoms with Crippen LogP contribution in [0.25, 0.3) is 0 Å². The lowest BCUT2D eigenvalue weighted by molar-refractivity contribution is 0.0871. The summed E-state index contributed by atoms with van der Waals surface area (Å²) >= 11 is 0. The second-order valence-corrected chi connectivity index (χ2v) is 8.97. The van der Waals surface area contributed by atoms with Gasteiger partial charge in [0.05, 0.1) is 0 Å². The summed E-state index contributed by atoms with van der Waals surface area (Å²) in [6.07, 6.45) is 5.48. The van der Waals surface area contributed by atoms with Crippen LogP contribution < -0.4 is 15.4 Å². The lowest BCUT2D eigenvalue weighted by Crippen LogP contribution is -2.47. The summed E-state index contributed by atoms with van der Waals surface area (Å²) in [4.78, 5) is 13.1. The van der Waals surface area contributed by atoms with Crippen LogP contribution in [0.1, 0.15) is 82.8 Å². The van der Waals surface area contributed by atoms with E-state index < -0.39 is 0 Å². The van der Waals surface area contributed by atoms with Crippen LogP contribution in [0, 0.1) is 5.92 Å². The van der Waals surface area contributed by atoms with Crippen molar-refractivity contribution in [1.29, 1.82) is 0 Å². The van der Waals surface area contributed by atoms with Crippen molar-refractivity contribution in [3.05, 3.63) is 59.7 Å². The molecule has 2 N–H and O–H groups in total. The van der Waals surface area contributed by atoms with Gasteiger partial charge in [0.25, 0.3) is 0 Å². The maximum atomic E-state index is 13.1. The van der Waals surface area contributed by atoms with Gasteiger partial charge in [-0.15, -0.1) is 0 Å². The van der Waals surface area contributed by atoms with Crippen LogP contribution in [0.2, 0.25) is 0 Å². The first-order valence-corrected chi connectivity index (χ1v) is 11.4. The van der Waals surface area contributed by atoms with E-state index in [4.69, 9.17) is 4.74 Å². The molecule has 1 fully saturated rings. The number of anilines is 1. The van der Waals surface area contributed by atoms with Crippen molar-refractivity contribution in [3.8, 4) is 5.75 Å². The molecule has 0 saturated heterocycles. The number of nitrogens with one attached hydrogen (secondary N) is 2. The zero-order chi connectivity index (χ0) is 21.5. The van der Waals surface area contributed by atoms with Gasteiger partial charge in [0.1, 0.15) is 5.75 Å². The topological polar surface area (TPSA) is 50.4 Å². The second kappa shape index (κ2) is 10.5. The highest BCUT2D eigenvalue weighted by molar-refractivity contribution is 5.91. The van der Waals surface area contributed by atoms with E-state index in [2.05, 4.69) is 56.5 Å². The molecule has 0 bridgehead atoms. The summed E-state index contributed by atoms with van der Waals surface area (Å²) in [5.41, 5.74) is 3.26. The number of rotatable bonds is 7. The van der Waals surface area contributed by atoms with Crippen molar-refractivity contribution in [3.63, 3.8) is 0 Å². The summed E-state index contributed by atoms with van der Waals surface area (Å²) in [6.45, 7) is 8.63. The van der Waals surface area contributed by atoms with Gasteiger partial charge in [0.15, 0.2) is 6.23 Å². The van der Waals surface area contributed by atoms with Gasteiger partial charge in [0.2, 0.25) is 0 Å². The number of benzene rings is 2. The Morgan fingerprint density at radius 3 is 2.03 bits per heavy atom. The first kappa shape index (κ1) is 22.2. The minimum atomic E-state index is -0.332. The smallest absolute Gasteiger partial charge is 0.322 e. The molecule has 2 aromatic carbocycles. The Bertz CT molecular complexity index is 785. The molecule has 0 radical (unpaired) electrons. The van der Waals surface area contributed by atoms with Gasteiger partial charge < -0.3 is 15.4 Å². The van der Waals surface area contributed by atoms with E-state index in [-0.39, 0.29) is 12.3 Å². The molecule has 4 heteroatoms. The van der Waals surface area contributed by atoms with Crippen LogP contribution in [0.3, 0.4) is 0 Å². The summed E-state index contributed by atoms with van der Waals surface area (Å²) in [7, 11) is 0. The Kier molecular flexibility index (Phi) is 7.78. The molecular formula is C26H36N2O2. The Labute approximate surface area is 181 Å². The predicted octanol–water partition coefficient (Wildman–Crippen LogP) is 7.04. The number of carbonyl (C=O) groups is 1. The monoisotopic (exact) mass is 408 g/mol. The number of amides is 2. The Morgan fingerprint density at radius 2 is 1.47 bits per heavy atom. The average Bonchev–Trinajstić information content (AvgIpc) is 2.74. The van der Waals surface area contributed by atoms with Gasteiger partial charge in [0, 0.05) is 11.6 Å². The SMILES string of the molecule is CC(C)c1cccc(C(C)C)c1NC(=O)NC(Oc1ccccc1)C1CCCCC1. The highest BCUT2D eigenvalue weighted by Crippen LogP contribution is 2.33. The zero-order valence-corrected chi connectivity index (χ0v) is 18.8. The Hall–Kier alpha value is -2.49. The third kappa shape index (κ3) is 5.78. The molecule has 4 nitrogen and oxygen atoms in total. The number of hydrogen-bond donors (Lipinski definition) is 2. The highest BCUT2D eigenvalue weighted by atomic mass is 16.5. The van der Waals surface area contributed by atoms with Crippen LogP contribution >= 0.6 is 0 Å². The summed E-state index contributed by atoms with van der Waals surface area (Å²) in [5, 5.41) is 6.31. The van der Waals surface area contributed by atoms with Gasteiger partial charge in [-0.05, 0) is 47.9 Å². The van der Waals surface area contributed by atoms with Crippen LogP contribution in [-0.2, 0) is 0 Å². The molecule has 1 aliphatic carbocycles. The second-order valence-electron chi connectivity index (χ2n) is 8.97. The van der Waals surface area contributed by atoms with E-state index in [1.165, 1.54) is 19.3 Å². The van der Waals surface area contributed by atoms with E-state index in [1.807, 2.05) is 30.3 Å². The third-order valence-electron chi connectivity index (χ3n) is 5.97. The maximum Gasteiger partial charge on any atom is 0.322 e. The number of carbonyl (C=O) groups excluding carboxylic acids is 1. The van der Waals surface area contributed by atoms with E-state index in [0.29, 0.717) is 17.8 Å². The lowest BCUT2D eigenvalue weighted by Gasteiger charge is -2.31. The van der Waals surface area contributed by atoms with Crippen molar-refractivity contribution in [2.45, 2.75) is 77.9 Å². The molecule has 162 valence electrons. The minimum absolute atomic E-state index is 0.198. The highest BCUT2D eigenvalue weighted by Gasteiger charge is 2.27. The number of hydrogen-bond acceptors (Lipinski definition) is 2. The number of urea groups is 1. The van der Waals surface area contributed by atoms with Crippen molar-refractivity contribution in [2.75, 3.05) is 5.32 Å². The molecule has 1 unspecified atom stereocenters. The van der Waals surface area contributed by atoms with Gasteiger partial charge >= 0.3 is 6.03 Å². The molecular weight excluding hydrogens is 372 g/mol. The molecule has 0 aliphatic heterocycles. The largest absolute Gasteiger partial charge is 0.470 e. The van der Waals surface area contributed by atoms with Crippen molar-refractivity contribution in [2.24, 2.45) is 5.92 Å².